The number of rotatable bonds is 3. The van der Waals surface area contributed by atoms with Crippen LogP contribution in [0.4, 0.5) is 5.69 Å². The first-order valence-corrected chi connectivity index (χ1v) is 6.48. The third-order valence-corrected chi connectivity index (χ3v) is 2.74. The maximum atomic E-state index is 12.3. The first kappa shape index (κ1) is 14.8. The number of nitrogens with one attached hydrogen (secondary N) is 1. The molecular formula is C15H16N4O2. The lowest BCUT2D eigenvalue weighted by Crippen LogP contribution is -2.15. The predicted molar refractivity (Wildman–Crippen MR) is 78.7 cm³/mol. The summed E-state index contributed by atoms with van der Waals surface area (Å²) in [5.41, 5.74) is 2.16. The third kappa shape index (κ3) is 3.68. The second-order valence-corrected chi connectivity index (χ2v) is 4.43. The number of carbonyl (C=O) groups is 1. The minimum Gasteiger partial charge on any atom is -0.395 e. The van der Waals surface area contributed by atoms with Crippen LogP contribution in [-0.4, -0.2) is 32.4 Å². The normalized spacial score (nSPS) is 9.86. The number of hydrogen-bond acceptors (Lipinski definition) is 4. The topological polar surface area (TPSA) is 80.0 Å². The van der Waals surface area contributed by atoms with Gasteiger partial charge in [0.05, 0.1) is 23.6 Å². The van der Waals surface area contributed by atoms with Gasteiger partial charge < -0.3 is 10.4 Å². The Labute approximate surface area is 122 Å². The van der Waals surface area contributed by atoms with E-state index >= 15 is 0 Å². The van der Waals surface area contributed by atoms with Crippen molar-refractivity contribution in [3.63, 3.8) is 0 Å². The van der Waals surface area contributed by atoms with Crippen molar-refractivity contribution >= 4 is 11.6 Å². The van der Waals surface area contributed by atoms with E-state index in [1.54, 1.807) is 36.3 Å². The third-order valence-electron chi connectivity index (χ3n) is 2.74. The summed E-state index contributed by atoms with van der Waals surface area (Å²) in [5, 5.41) is 15.7. The Bertz CT molecular complexity index is 710. The number of aromatic nitrogens is 3. The van der Waals surface area contributed by atoms with Crippen LogP contribution in [0.3, 0.4) is 0 Å². The molecule has 0 unspecified atom stereocenters. The van der Waals surface area contributed by atoms with Crippen molar-refractivity contribution in [3.8, 4) is 11.8 Å². The number of nitrogens with zero attached hydrogens (tertiary/aromatic N) is 3. The summed E-state index contributed by atoms with van der Waals surface area (Å²) in [7, 11) is 1.79. The number of pyridine rings is 1. The number of carbonyl (C=O) groups excluding carboxylic acids is 1. The van der Waals surface area contributed by atoms with Crippen molar-refractivity contribution in [3.05, 3.63) is 41.5 Å². The molecule has 0 bridgehead atoms. The van der Waals surface area contributed by atoms with Gasteiger partial charge in [-0.05, 0) is 19.1 Å². The van der Waals surface area contributed by atoms with E-state index in [0.29, 0.717) is 17.7 Å². The number of aliphatic hydroxyl groups is 1. The van der Waals surface area contributed by atoms with Crippen molar-refractivity contribution in [2.75, 3.05) is 11.9 Å². The molecule has 2 aromatic heterocycles. The van der Waals surface area contributed by atoms with Crippen LogP contribution in [0, 0.1) is 18.8 Å². The summed E-state index contributed by atoms with van der Waals surface area (Å²) >= 11 is 0. The van der Waals surface area contributed by atoms with Gasteiger partial charge in [-0.1, -0.05) is 11.8 Å². The Morgan fingerprint density at radius 1 is 1.52 bits per heavy atom. The van der Waals surface area contributed by atoms with E-state index in [9.17, 15) is 4.79 Å². The molecule has 2 heterocycles. The zero-order valence-electron chi connectivity index (χ0n) is 11.9. The van der Waals surface area contributed by atoms with Gasteiger partial charge in [0.1, 0.15) is 5.69 Å². The van der Waals surface area contributed by atoms with Crippen LogP contribution in [-0.2, 0) is 7.05 Å². The van der Waals surface area contributed by atoms with Crippen LogP contribution in [0.25, 0.3) is 0 Å². The van der Waals surface area contributed by atoms with Crippen LogP contribution in [0.15, 0.2) is 24.5 Å². The van der Waals surface area contributed by atoms with Crippen molar-refractivity contribution in [1.29, 1.82) is 0 Å². The Balaban J connectivity index is 2.24. The summed E-state index contributed by atoms with van der Waals surface area (Å²) < 4.78 is 1.63. The second kappa shape index (κ2) is 6.68. The highest BCUT2D eigenvalue weighted by Gasteiger charge is 2.14. The van der Waals surface area contributed by atoms with E-state index in [0.717, 1.165) is 5.69 Å². The van der Waals surface area contributed by atoms with E-state index < -0.39 is 0 Å². The number of hydrogen-bond donors (Lipinski definition) is 2. The summed E-state index contributed by atoms with van der Waals surface area (Å²) in [6, 6.07) is 3.44. The molecule has 0 aromatic carbocycles. The lowest BCUT2D eigenvalue weighted by atomic mass is 10.2. The van der Waals surface area contributed by atoms with Crippen LogP contribution >= 0.6 is 0 Å². The molecule has 0 fully saturated rings. The van der Waals surface area contributed by atoms with E-state index in [-0.39, 0.29) is 18.2 Å². The van der Waals surface area contributed by atoms with Gasteiger partial charge in [0.25, 0.3) is 5.91 Å². The summed E-state index contributed by atoms with van der Waals surface area (Å²) in [5.74, 6) is 5.30. The smallest absolute Gasteiger partial charge is 0.275 e. The fourth-order valence-electron chi connectivity index (χ4n) is 1.80. The van der Waals surface area contributed by atoms with Gasteiger partial charge in [0.15, 0.2) is 0 Å². The molecule has 0 saturated heterocycles. The molecule has 0 saturated carbocycles. The highest BCUT2D eigenvalue weighted by molar-refractivity contribution is 6.04. The first-order chi connectivity index (χ1) is 10.1. The zero-order valence-corrected chi connectivity index (χ0v) is 11.9. The minimum absolute atomic E-state index is 0.0102. The number of anilines is 1. The maximum absolute atomic E-state index is 12.3. The Morgan fingerprint density at radius 2 is 2.33 bits per heavy atom. The molecule has 0 aliphatic rings. The molecule has 0 aliphatic heterocycles. The second-order valence-electron chi connectivity index (χ2n) is 4.43. The van der Waals surface area contributed by atoms with Gasteiger partial charge in [-0.25, -0.2) is 4.98 Å². The van der Waals surface area contributed by atoms with Gasteiger partial charge in [-0.15, -0.1) is 0 Å². The summed E-state index contributed by atoms with van der Waals surface area (Å²) in [4.78, 5) is 16.4. The van der Waals surface area contributed by atoms with Gasteiger partial charge in [0.2, 0.25) is 0 Å². The van der Waals surface area contributed by atoms with E-state index in [1.165, 1.54) is 0 Å². The highest BCUT2D eigenvalue weighted by Crippen LogP contribution is 2.14. The van der Waals surface area contributed by atoms with E-state index in [1.807, 2.05) is 6.92 Å². The Hall–Kier alpha value is -2.65. The molecule has 2 rings (SSSR count). The predicted octanol–water partition coefficient (Wildman–Crippen LogP) is 1.11. The molecule has 1 amide bonds. The maximum Gasteiger partial charge on any atom is 0.275 e. The van der Waals surface area contributed by atoms with Crippen LogP contribution in [0.1, 0.15) is 28.2 Å². The average Bonchev–Trinajstić information content (AvgIpc) is 2.77. The molecule has 108 valence electrons. The van der Waals surface area contributed by atoms with Crippen LogP contribution in [0.2, 0.25) is 0 Å². The van der Waals surface area contributed by atoms with Crippen LogP contribution < -0.4 is 5.32 Å². The first-order valence-electron chi connectivity index (χ1n) is 6.48. The molecule has 6 heteroatoms. The summed E-state index contributed by atoms with van der Waals surface area (Å²) in [6.45, 7) is 1.81. The fraction of sp³-hybridized carbons (Fsp3) is 0.267. The molecule has 0 atom stereocenters. The molecule has 2 aromatic rings. The molecule has 21 heavy (non-hydrogen) atoms. The Kier molecular flexibility index (Phi) is 4.69. The molecule has 2 N–H and O–H groups in total. The molecular weight excluding hydrogens is 268 g/mol. The molecule has 0 spiro atoms. The zero-order chi connectivity index (χ0) is 15.2. The molecule has 6 nitrogen and oxygen atoms in total. The van der Waals surface area contributed by atoms with E-state index in [4.69, 9.17) is 5.11 Å². The summed E-state index contributed by atoms with van der Waals surface area (Å²) in [6.07, 6.45) is 3.63. The van der Waals surface area contributed by atoms with Crippen molar-refractivity contribution in [1.82, 2.24) is 14.8 Å². The standard InChI is InChI=1S/C15H16N4O2/c1-11-13(10-19(2)18-11)17-15(21)14-12(6-3-4-9-20)7-5-8-16-14/h5,7-8,10,20H,4,9H2,1-2H3,(H,17,21). The minimum atomic E-state index is -0.333. The Morgan fingerprint density at radius 3 is 3.00 bits per heavy atom. The average molecular weight is 284 g/mol. The van der Waals surface area contributed by atoms with Crippen LogP contribution in [0.5, 0.6) is 0 Å². The van der Waals surface area contributed by atoms with Gasteiger partial charge >= 0.3 is 0 Å². The van der Waals surface area contributed by atoms with Gasteiger partial charge in [-0.3, -0.25) is 9.48 Å². The van der Waals surface area contributed by atoms with Gasteiger partial charge in [-0.2, -0.15) is 5.10 Å². The fourth-order valence-corrected chi connectivity index (χ4v) is 1.80. The number of amides is 1. The number of aliphatic hydroxyl groups excluding tert-OH is 1. The van der Waals surface area contributed by atoms with E-state index in [2.05, 4.69) is 27.2 Å². The lowest BCUT2D eigenvalue weighted by Gasteiger charge is -2.04. The van der Waals surface area contributed by atoms with Crippen molar-refractivity contribution < 1.29 is 9.90 Å². The van der Waals surface area contributed by atoms with Crippen molar-refractivity contribution in [2.24, 2.45) is 7.05 Å². The monoisotopic (exact) mass is 284 g/mol. The quantitative estimate of drug-likeness (QED) is 0.827. The van der Waals surface area contributed by atoms with Gasteiger partial charge in [0, 0.05) is 25.9 Å². The highest BCUT2D eigenvalue weighted by atomic mass is 16.2. The largest absolute Gasteiger partial charge is 0.395 e. The van der Waals surface area contributed by atoms with Crippen molar-refractivity contribution in [2.45, 2.75) is 13.3 Å². The molecule has 0 radical (unpaired) electrons. The number of aryl methyl sites for hydroxylation is 2. The lowest BCUT2D eigenvalue weighted by molar-refractivity contribution is 0.102. The molecule has 0 aliphatic carbocycles. The SMILES string of the molecule is Cc1nn(C)cc1NC(=O)c1ncccc1C#CCCO.